The van der Waals surface area contributed by atoms with E-state index < -0.39 is 0 Å². The molecule has 0 atom stereocenters. The minimum Gasteiger partial charge on any atom is -0.466 e. The zero-order valence-electron chi connectivity index (χ0n) is 16.7. The summed E-state index contributed by atoms with van der Waals surface area (Å²) in [6.07, 6.45) is 11.3. The average molecular weight is 361 g/mol. The molecule has 0 fully saturated rings. The van der Waals surface area contributed by atoms with Crippen LogP contribution < -0.4 is 0 Å². The van der Waals surface area contributed by atoms with Gasteiger partial charge in [0.05, 0.1) is 13.2 Å². The summed E-state index contributed by atoms with van der Waals surface area (Å²) in [6.45, 7) is 7.21. The smallest absolute Gasteiger partial charge is 0.305 e. The number of carbonyl (C=O) groups excluding carboxylic acids is 2. The average Bonchev–Trinajstić information content (AvgIpc) is 2.58. The normalized spacial score (nSPS) is 9.92. The lowest BCUT2D eigenvalue weighted by Gasteiger charge is -2.05. The summed E-state index contributed by atoms with van der Waals surface area (Å²) in [6, 6.07) is 0. The van der Waals surface area contributed by atoms with Crippen LogP contribution in [0.5, 0.6) is 0 Å². The fourth-order valence-corrected chi connectivity index (χ4v) is 2.05. The Morgan fingerprint density at radius 3 is 1.28 bits per heavy atom. The maximum absolute atomic E-state index is 11.4. The van der Waals surface area contributed by atoms with E-state index in [0.29, 0.717) is 26.1 Å². The zero-order valence-corrected chi connectivity index (χ0v) is 16.7. The molecule has 0 aromatic rings. The Kier molecular flexibility index (Phi) is 23.9. The molecule has 0 spiro atoms. The topological polar surface area (TPSA) is 72.8 Å². The van der Waals surface area contributed by atoms with E-state index in [9.17, 15) is 9.59 Å². The third kappa shape index (κ3) is 25.3. The number of esters is 2. The standard InChI is InChI=1S/C18H34O4.C2H6O/c1-3-5-15-21-17(19)13-11-9-7-8-10-12-14-18(20)22-16-6-4-2;1-2-3/h3-16H2,1-2H3;3H,2H2,1H3. The van der Waals surface area contributed by atoms with Crippen molar-refractivity contribution in [3.8, 4) is 0 Å². The highest BCUT2D eigenvalue weighted by atomic mass is 16.5. The lowest BCUT2D eigenvalue weighted by atomic mass is 10.1. The van der Waals surface area contributed by atoms with Crippen LogP contribution >= 0.6 is 0 Å². The highest BCUT2D eigenvalue weighted by Gasteiger charge is 2.03. The number of hydrogen-bond donors (Lipinski definition) is 1. The number of rotatable bonds is 15. The van der Waals surface area contributed by atoms with Crippen LogP contribution in [0.2, 0.25) is 0 Å². The molecule has 0 bridgehead atoms. The van der Waals surface area contributed by atoms with Crippen LogP contribution in [-0.2, 0) is 19.1 Å². The van der Waals surface area contributed by atoms with E-state index >= 15 is 0 Å². The second-order valence-electron chi connectivity index (χ2n) is 6.09. The van der Waals surface area contributed by atoms with Crippen molar-refractivity contribution in [2.75, 3.05) is 19.8 Å². The van der Waals surface area contributed by atoms with E-state index in [4.69, 9.17) is 14.6 Å². The molecule has 0 unspecified atom stereocenters. The first-order chi connectivity index (χ1) is 12.1. The fourth-order valence-electron chi connectivity index (χ4n) is 2.05. The van der Waals surface area contributed by atoms with Crippen molar-refractivity contribution in [1.82, 2.24) is 0 Å². The van der Waals surface area contributed by atoms with Crippen LogP contribution in [0.4, 0.5) is 0 Å². The van der Waals surface area contributed by atoms with Crippen molar-refractivity contribution in [3.05, 3.63) is 0 Å². The molecule has 1 N–H and O–H groups in total. The van der Waals surface area contributed by atoms with Gasteiger partial charge in [-0.3, -0.25) is 9.59 Å². The maximum Gasteiger partial charge on any atom is 0.305 e. The zero-order chi connectivity index (χ0) is 19.2. The Balaban J connectivity index is 0. The Labute approximate surface area is 154 Å². The molecule has 0 aromatic carbocycles. The van der Waals surface area contributed by atoms with Gasteiger partial charge in [-0.15, -0.1) is 0 Å². The van der Waals surface area contributed by atoms with Crippen LogP contribution in [0.25, 0.3) is 0 Å². The molecule has 0 saturated carbocycles. The molecular weight excluding hydrogens is 320 g/mol. The van der Waals surface area contributed by atoms with Gasteiger partial charge in [0.1, 0.15) is 0 Å². The minimum absolute atomic E-state index is 0.0664. The van der Waals surface area contributed by atoms with Crippen LogP contribution in [0, 0.1) is 0 Å². The van der Waals surface area contributed by atoms with E-state index in [1.807, 2.05) is 0 Å². The van der Waals surface area contributed by atoms with Gasteiger partial charge >= 0.3 is 11.9 Å². The van der Waals surface area contributed by atoms with E-state index in [-0.39, 0.29) is 18.5 Å². The summed E-state index contributed by atoms with van der Waals surface area (Å²) in [5.41, 5.74) is 0. The van der Waals surface area contributed by atoms with E-state index in [0.717, 1.165) is 64.2 Å². The summed E-state index contributed by atoms with van der Waals surface area (Å²) in [5.74, 6) is -0.133. The Bertz CT molecular complexity index is 264. The number of ether oxygens (including phenoxy) is 2. The molecule has 0 aliphatic heterocycles. The molecule has 0 saturated heterocycles. The van der Waals surface area contributed by atoms with Crippen LogP contribution in [0.1, 0.15) is 97.8 Å². The minimum atomic E-state index is -0.0664. The third-order valence-corrected chi connectivity index (χ3v) is 3.53. The molecule has 0 aromatic heterocycles. The summed E-state index contributed by atoms with van der Waals surface area (Å²) in [5, 5.41) is 7.57. The van der Waals surface area contributed by atoms with Gasteiger partial charge in [0, 0.05) is 19.4 Å². The summed E-state index contributed by atoms with van der Waals surface area (Å²) < 4.78 is 10.2. The Morgan fingerprint density at radius 1 is 0.640 bits per heavy atom. The molecular formula is C20H40O5. The lowest BCUT2D eigenvalue weighted by Crippen LogP contribution is -2.05. The molecule has 0 radical (unpaired) electrons. The van der Waals surface area contributed by atoms with Crippen LogP contribution in [0.3, 0.4) is 0 Å². The fraction of sp³-hybridized carbons (Fsp3) is 0.900. The first-order valence-corrected chi connectivity index (χ1v) is 10.0. The van der Waals surface area contributed by atoms with Gasteiger partial charge in [-0.25, -0.2) is 0 Å². The summed E-state index contributed by atoms with van der Waals surface area (Å²) in [7, 11) is 0. The van der Waals surface area contributed by atoms with Crippen molar-refractivity contribution in [2.24, 2.45) is 0 Å². The predicted molar refractivity (Wildman–Crippen MR) is 101 cm³/mol. The van der Waals surface area contributed by atoms with Gasteiger partial charge in [-0.1, -0.05) is 52.4 Å². The largest absolute Gasteiger partial charge is 0.466 e. The van der Waals surface area contributed by atoms with Gasteiger partial charge in [0.15, 0.2) is 0 Å². The van der Waals surface area contributed by atoms with E-state index in [1.165, 1.54) is 0 Å². The molecule has 5 heteroatoms. The van der Waals surface area contributed by atoms with Crippen molar-refractivity contribution in [1.29, 1.82) is 0 Å². The van der Waals surface area contributed by atoms with Crippen molar-refractivity contribution in [3.63, 3.8) is 0 Å². The van der Waals surface area contributed by atoms with Crippen LogP contribution in [-0.4, -0.2) is 36.9 Å². The summed E-state index contributed by atoms with van der Waals surface area (Å²) >= 11 is 0. The number of aliphatic hydroxyl groups is 1. The van der Waals surface area contributed by atoms with Crippen LogP contribution in [0.15, 0.2) is 0 Å². The van der Waals surface area contributed by atoms with Gasteiger partial charge in [0.25, 0.3) is 0 Å². The number of hydrogen-bond acceptors (Lipinski definition) is 5. The predicted octanol–water partition coefficient (Wildman–Crippen LogP) is 4.79. The molecule has 0 aliphatic carbocycles. The molecule has 0 amide bonds. The molecule has 0 aliphatic rings. The highest BCUT2D eigenvalue weighted by Crippen LogP contribution is 2.10. The van der Waals surface area contributed by atoms with Gasteiger partial charge < -0.3 is 14.6 Å². The van der Waals surface area contributed by atoms with Gasteiger partial charge in [0.2, 0.25) is 0 Å². The second kappa shape index (κ2) is 22.9. The molecule has 150 valence electrons. The number of unbranched alkanes of at least 4 members (excludes halogenated alkanes) is 7. The lowest BCUT2D eigenvalue weighted by molar-refractivity contribution is -0.144. The third-order valence-electron chi connectivity index (χ3n) is 3.53. The van der Waals surface area contributed by atoms with Crippen molar-refractivity contribution in [2.45, 2.75) is 97.8 Å². The molecule has 5 nitrogen and oxygen atoms in total. The first-order valence-electron chi connectivity index (χ1n) is 10.0. The Morgan fingerprint density at radius 2 is 0.960 bits per heavy atom. The molecule has 0 rings (SSSR count). The Hall–Kier alpha value is -1.10. The quantitative estimate of drug-likeness (QED) is 0.336. The second-order valence-corrected chi connectivity index (χ2v) is 6.09. The van der Waals surface area contributed by atoms with Crippen molar-refractivity contribution < 1.29 is 24.2 Å². The molecule has 0 heterocycles. The first kappa shape index (κ1) is 26.1. The van der Waals surface area contributed by atoms with Gasteiger partial charge in [-0.05, 0) is 32.6 Å². The monoisotopic (exact) mass is 360 g/mol. The number of aliphatic hydroxyl groups excluding tert-OH is 1. The number of carbonyl (C=O) groups is 2. The van der Waals surface area contributed by atoms with E-state index in [1.54, 1.807) is 6.92 Å². The SMILES string of the molecule is CCCCOC(=O)CCCCCCCCC(=O)OCCCC.CCO. The molecule has 25 heavy (non-hydrogen) atoms. The van der Waals surface area contributed by atoms with Crippen molar-refractivity contribution >= 4 is 11.9 Å². The van der Waals surface area contributed by atoms with Gasteiger partial charge in [-0.2, -0.15) is 0 Å². The maximum atomic E-state index is 11.4. The summed E-state index contributed by atoms with van der Waals surface area (Å²) in [4.78, 5) is 22.7. The van der Waals surface area contributed by atoms with E-state index in [2.05, 4.69) is 13.8 Å². The highest BCUT2D eigenvalue weighted by molar-refractivity contribution is 5.69.